The van der Waals surface area contributed by atoms with Gasteiger partial charge in [0.05, 0.1) is 0 Å². The molecular weight excluding hydrogens is 250 g/mol. The quantitative estimate of drug-likeness (QED) is 0.712. The summed E-state index contributed by atoms with van der Waals surface area (Å²) in [5.74, 6) is 0.0194. The van der Waals surface area contributed by atoms with Crippen LogP contribution >= 0.6 is 11.6 Å². The number of amides is 1. The fourth-order valence-electron chi connectivity index (χ4n) is 1.63. The summed E-state index contributed by atoms with van der Waals surface area (Å²) in [4.78, 5) is 13.7. The number of nitrogens with zero attached hydrogens (tertiary/aromatic N) is 1. The lowest BCUT2D eigenvalue weighted by molar-refractivity contribution is -0.136. The zero-order valence-electron chi connectivity index (χ0n) is 11.0. The normalized spacial score (nSPS) is 10.4. The van der Waals surface area contributed by atoms with Crippen molar-refractivity contribution in [1.82, 2.24) is 4.90 Å². The molecule has 0 fully saturated rings. The van der Waals surface area contributed by atoms with Gasteiger partial charge in [-0.2, -0.15) is 0 Å². The van der Waals surface area contributed by atoms with E-state index in [1.807, 2.05) is 38.1 Å². The smallest absolute Gasteiger partial charge is 0.248 e. The van der Waals surface area contributed by atoms with Crippen molar-refractivity contribution in [3.8, 4) is 0 Å². The second-order valence-corrected chi connectivity index (χ2v) is 4.53. The van der Waals surface area contributed by atoms with E-state index in [-0.39, 0.29) is 12.5 Å². The molecule has 0 N–H and O–H groups in total. The number of hydrogen-bond acceptors (Lipinski definition) is 2. The van der Waals surface area contributed by atoms with Crippen LogP contribution in [-0.4, -0.2) is 30.6 Å². The first-order valence-corrected chi connectivity index (χ1v) is 6.65. The molecule has 1 aromatic carbocycles. The first kappa shape index (κ1) is 15.0. The third-order valence-electron chi connectivity index (χ3n) is 2.57. The Morgan fingerprint density at radius 1 is 1.39 bits per heavy atom. The number of ether oxygens (including phenoxy) is 1. The van der Waals surface area contributed by atoms with Gasteiger partial charge in [-0.15, -0.1) is 0 Å². The van der Waals surface area contributed by atoms with Crippen LogP contribution in [0.4, 0.5) is 0 Å². The molecule has 0 radical (unpaired) electrons. The molecule has 0 bridgehead atoms. The molecule has 0 aliphatic rings. The highest BCUT2D eigenvalue weighted by Gasteiger charge is 2.12. The van der Waals surface area contributed by atoms with Crippen molar-refractivity contribution < 1.29 is 9.53 Å². The standard InChI is InChI=1S/C14H20ClNO2/c1-3-8-18-11-14(17)16(4-2)10-12-6-5-7-13(15)9-12/h5-7,9H,3-4,8,10-11H2,1-2H3. The summed E-state index contributed by atoms with van der Waals surface area (Å²) < 4.78 is 5.27. The predicted octanol–water partition coefficient (Wildman–Crippen LogP) is 3.12. The first-order chi connectivity index (χ1) is 8.67. The van der Waals surface area contributed by atoms with Crippen molar-refractivity contribution in [2.45, 2.75) is 26.8 Å². The van der Waals surface area contributed by atoms with E-state index >= 15 is 0 Å². The lowest BCUT2D eigenvalue weighted by atomic mass is 10.2. The molecule has 1 rings (SSSR count). The van der Waals surface area contributed by atoms with Crippen LogP contribution in [0.15, 0.2) is 24.3 Å². The van der Waals surface area contributed by atoms with Crippen molar-refractivity contribution in [2.75, 3.05) is 19.8 Å². The zero-order valence-corrected chi connectivity index (χ0v) is 11.7. The Labute approximate surface area is 114 Å². The van der Waals surface area contributed by atoms with Crippen LogP contribution in [0, 0.1) is 0 Å². The average Bonchev–Trinajstić information content (AvgIpc) is 2.36. The van der Waals surface area contributed by atoms with Crippen molar-refractivity contribution >= 4 is 17.5 Å². The highest BCUT2D eigenvalue weighted by Crippen LogP contribution is 2.12. The maximum atomic E-state index is 11.9. The average molecular weight is 270 g/mol. The highest BCUT2D eigenvalue weighted by atomic mass is 35.5. The van der Waals surface area contributed by atoms with Gasteiger partial charge in [-0.05, 0) is 31.0 Å². The summed E-state index contributed by atoms with van der Waals surface area (Å²) in [5.41, 5.74) is 1.04. The van der Waals surface area contributed by atoms with Crippen molar-refractivity contribution in [3.63, 3.8) is 0 Å². The van der Waals surface area contributed by atoms with Gasteiger partial charge < -0.3 is 9.64 Å². The van der Waals surface area contributed by atoms with Gasteiger partial charge >= 0.3 is 0 Å². The van der Waals surface area contributed by atoms with Crippen molar-refractivity contribution in [2.24, 2.45) is 0 Å². The summed E-state index contributed by atoms with van der Waals surface area (Å²) >= 11 is 5.93. The van der Waals surface area contributed by atoms with Crippen LogP contribution in [0.2, 0.25) is 5.02 Å². The molecule has 0 aliphatic carbocycles. The van der Waals surface area contributed by atoms with Crippen LogP contribution in [0.1, 0.15) is 25.8 Å². The number of likely N-dealkylation sites (N-methyl/N-ethyl adjacent to an activating group) is 1. The fraction of sp³-hybridized carbons (Fsp3) is 0.500. The Hall–Kier alpha value is -1.06. The lowest BCUT2D eigenvalue weighted by Crippen LogP contribution is -2.33. The molecule has 0 unspecified atom stereocenters. The van der Waals surface area contributed by atoms with Crippen LogP contribution < -0.4 is 0 Å². The van der Waals surface area contributed by atoms with E-state index in [0.29, 0.717) is 24.7 Å². The number of carbonyl (C=O) groups is 1. The largest absolute Gasteiger partial charge is 0.372 e. The highest BCUT2D eigenvalue weighted by molar-refractivity contribution is 6.30. The predicted molar refractivity (Wildman–Crippen MR) is 73.7 cm³/mol. The topological polar surface area (TPSA) is 29.5 Å². The molecule has 0 aromatic heterocycles. The number of rotatable bonds is 7. The first-order valence-electron chi connectivity index (χ1n) is 6.27. The molecule has 1 amide bonds. The maximum absolute atomic E-state index is 11.9. The number of carbonyl (C=O) groups excluding carboxylic acids is 1. The molecule has 0 saturated heterocycles. The van der Waals surface area contributed by atoms with E-state index < -0.39 is 0 Å². The molecule has 0 saturated carbocycles. The van der Waals surface area contributed by atoms with Gasteiger partial charge in [0.1, 0.15) is 6.61 Å². The molecule has 0 aliphatic heterocycles. The summed E-state index contributed by atoms with van der Waals surface area (Å²) in [6.07, 6.45) is 0.924. The minimum absolute atomic E-state index is 0.0194. The Morgan fingerprint density at radius 3 is 2.78 bits per heavy atom. The van der Waals surface area contributed by atoms with Gasteiger partial charge in [-0.1, -0.05) is 30.7 Å². The molecule has 100 valence electrons. The van der Waals surface area contributed by atoms with Crippen LogP contribution in [-0.2, 0) is 16.1 Å². The molecular formula is C14H20ClNO2. The third-order valence-corrected chi connectivity index (χ3v) is 2.81. The van der Waals surface area contributed by atoms with Gasteiger partial charge in [0.25, 0.3) is 0 Å². The van der Waals surface area contributed by atoms with Gasteiger partial charge in [0, 0.05) is 24.7 Å². The number of hydrogen-bond donors (Lipinski definition) is 0. The SMILES string of the molecule is CCCOCC(=O)N(CC)Cc1cccc(Cl)c1. The van der Waals surface area contributed by atoms with Gasteiger partial charge in [0.2, 0.25) is 5.91 Å². The molecule has 0 spiro atoms. The van der Waals surface area contributed by atoms with Gasteiger partial charge in [-0.25, -0.2) is 0 Å². The van der Waals surface area contributed by atoms with E-state index in [2.05, 4.69) is 0 Å². The molecule has 3 nitrogen and oxygen atoms in total. The van der Waals surface area contributed by atoms with E-state index in [0.717, 1.165) is 12.0 Å². The van der Waals surface area contributed by atoms with Crippen LogP contribution in [0.3, 0.4) is 0 Å². The van der Waals surface area contributed by atoms with Crippen molar-refractivity contribution in [3.05, 3.63) is 34.9 Å². The fourth-order valence-corrected chi connectivity index (χ4v) is 1.84. The molecule has 0 atom stereocenters. The minimum atomic E-state index is 0.0194. The Balaban J connectivity index is 2.53. The summed E-state index contributed by atoms with van der Waals surface area (Å²) in [5, 5.41) is 0.693. The van der Waals surface area contributed by atoms with Crippen LogP contribution in [0.25, 0.3) is 0 Å². The van der Waals surface area contributed by atoms with E-state index in [1.165, 1.54) is 0 Å². The summed E-state index contributed by atoms with van der Waals surface area (Å²) in [6.45, 7) is 6.01. The summed E-state index contributed by atoms with van der Waals surface area (Å²) in [7, 11) is 0. The Kier molecular flexibility index (Phi) is 6.76. The monoisotopic (exact) mass is 269 g/mol. The van der Waals surface area contributed by atoms with Gasteiger partial charge in [0.15, 0.2) is 0 Å². The molecule has 1 aromatic rings. The van der Waals surface area contributed by atoms with E-state index in [4.69, 9.17) is 16.3 Å². The van der Waals surface area contributed by atoms with Gasteiger partial charge in [-0.3, -0.25) is 4.79 Å². The summed E-state index contributed by atoms with van der Waals surface area (Å²) in [6, 6.07) is 7.57. The van der Waals surface area contributed by atoms with Crippen molar-refractivity contribution in [1.29, 1.82) is 0 Å². The third kappa shape index (κ3) is 5.07. The minimum Gasteiger partial charge on any atom is -0.372 e. The number of halogens is 1. The second-order valence-electron chi connectivity index (χ2n) is 4.09. The zero-order chi connectivity index (χ0) is 13.4. The van der Waals surface area contributed by atoms with Crippen LogP contribution in [0.5, 0.6) is 0 Å². The Bertz CT molecular complexity index is 382. The molecule has 0 heterocycles. The Morgan fingerprint density at radius 2 is 2.17 bits per heavy atom. The number of benzene rings is 1. The second kappa shape index (κ2) is 8.11. The van der Waals surface area contributed by atoms with E-state index in [9.17, 15) is 4.79 Å². The van der Waals surface area contributed by atoms with E-state index in [1.54, 1.807) is 4.90 Å². The molecule has 4 heteroatoms. The maximum Gasteiger partial charge on any atom is 0.248 e. The molecule has 18 heavy (non-hydrogen) atoms. The lowest BCUT2D eigenvalue weighted by Gasteiger charge is -2.21.